The summed E-state index contributed by atoms with van der Waals surface area (Å²) in [7, 11) is 0. The van der Waals surface area contributed by atoms with Crippen LogP contribution in [0.1, 0.15) is 26.3 Å². The summed E-state index contributed by atoms with van der Waals surface area (Å²) < 4.78 is 31.2. The Morgan fingerprint density at radius 2 is 1.86 bits per heavy atom. The van der Waals surface area contributed by atoms with Crippen molar-refractivity contribution in [3.05, 3.63) is 23.8 Å². The first-order valence-electron chi connectivity index (χ1n) is 6.34. The third-order valence-corrected chi connectivity index (χ3v) is 2.46. The lowest BCUT2D eigenvalue weighted by Gasteiger charge is -2.20. The molecule has 6 nitrogen and oxygen atoms in total. The first-order chi connectivity index (χ1) is 9.90. The molecular formula is C14H17F2NO5. The molecule has 0 aliphatic carbocycles. The van der Waals surface area contributed by atoms with Gasteiger partial charge in [0, 0.05) is 17.3 Å². The van der Waals surface area contributed by atoms with Crippen molar-refractivity contribution in [1.29, 1.82) is 0 Å². The number of amides is 1. The summed E-state index contributed by atoms with van der Waals surface area (Å²) in [5.41, 5.74) is -0.827. The lowest BCUT2D eigenvalue weighted by Crippen LogP contribution is -2.30. The summed E-state index contributed by atoms with van der Waals surface area (Å²) in [6.07, 6.45) is -1.92. The molecule has 22 heavy (non-hydrogen) atoms. The van der Waals surface area contributed by atoms with Crippen LogP contribution in [0.5, 0.6) is 5.75 Å². The number of anilines is 1. The van der Waals surface area contributed by atoms with Gasteiger partial charge in [0.15, 0.2) is 0 Å². The van der Waals surface area contributed by atoms with Gasteiger partial charge in [0.2, 0.25) is 0 Å². The first-order valence-corrected chi connectivity index (χ1v) is 6.34. The molecule has 1 rings (SSSR count). The summed E-state index contributed by atoms with van der Waals surface area (Å²) in [4.78, 5) is 21.9. The number of hydrogen-bond acceptors (Lipinski definition) is 4. The highest BCUT2D eigenvalue weighted by Crippen LogP contribution is 2.28. The van der Waals surface area contributed by atoms with Crippen molar-refractivity contribution in [2.75, 3.05) is 5.32 Å². The number of carboxylic acid groups (broad SMARTS) is 1. The predicted octanol–water partition coefficient (Wildman–Crippen LogP) is 3.00. The quantitative estimate of drug-likeness (QED) is 0.793. The standard InChI is InChI=1S/C14H17F2NO5/c1-13(2,3)22-12(21)17-9-5-4-8(10(18)6-9)7-14(15,16)11(19)20/h4-6,18H,7H2,1-3H3,(H,17,21)(H,19,20). The molecule has 122 valence electrons. The van der Waals surface area contributed by atoms with E-state index < -0.39 is 35.8 Å². The maximum absolute atomic E-state index is 13.1. The van der Waals surface area contributed by atoms with Crippen LogP contribution in [0, 0.1) is 0 Å². The van der Waals surface area contributed by atoms with E-state index >= 15 is 0 Å². The van der Waals surface area contributed by atoms with Gasteiger partial charge in [0.1, 0.15) is 11.4 Å². The summed E-state index contributed by atoms with van der Waals surface area (Å²) in [6, 6.07) is 3.41. The Morgan fingerprint density at radius 3 is 2.32 bits per heavy atom. The third kappa shape index (κ3) is 5.19. The van der Waals surface area contributed by atoms with Gasteiger partial charge >= 0.3 is 18.0 Å². The minimum absolute atomic E-state index is 0.133. The Morgan fingerprint density at radius 1 is 1.27 bits per heavy atom. The largest absolute Gasteiger partial charge is 0.508 e. The topological polar surface area (TPSA) is 95.9 Å². The molecule has 0 fully saturated rings. The van der Waals surface area contributed by atoms with Gasteiger partial charge in [-0.25, -0.2) is 9.59 Å². The Hall–Kier alpha value is -2.38. The maximum Gasteiger partial charge on any atom is 0.412 e. The molecule has 0 heterocycles. The average molecular weight is 317 g/mol. The van der Waals surface area contributed by atoms with Crippen LogP contribution < -0.4 is 5.32 Å². The van der Waals surface area contributed by atoms with Crippen LogP contribution in [-0.2, 0) is 16.0 Å². The molecular weight excluding hydrogens is 300 g/mol. The van der Waals surface area contributed by atoms with E-state index in [4.69, 9.17) is 9.84 Å². The lowest BCUT2D eigenvalue weighted by molar-refractivity contribution is -0.164. The van der Waals surface area contributed by atoms with Crippen molar-refractivity contribution in [2.45, 2.75) is 38.7 Å². The molecule has 0 unspecified atom stereocenters. The fourth-order valence-electron chi connectivity index (χ4n) is 1.53. The molecule has 0 spiro atoms. The molecule has 0 atom stereocenters. The Kier molecular flexibility index (Phi) is 4.95. The van der Waals surface area contributed by atoms with Crippen molar-refractivity contribution in [3.63, 3.8) is 0 Å². The second kappa shape index (κ2) is 6.17. The second-order valence-electron chi connectivity index (χ2n) is 5.66. The highest BCUT2D eigenvalue weighted by molar-refractivity contribution is 5.85. The molecule has 8 heteroatoms. The number of benzene rings is 1. The Balaban J connectivity index is 2.82. The van der Waals surface area contributed by atoms with Gasteiger partial charge < -0.3 is 14.9 Å². The zero-order valence-electron chi connectivity index (χ0n) is 12.3. The Labute approximate surface area is 125 Å². The second-order valence-corrected chi connectivity index (χ2v) is 5.66. The number of rotatable bonds is 4. The van der Waals surface area contributed by atoms with Crippen LogP contribution in [0.4, 0.5) is 19.3 Å². The molecule has 1 amide bonds. The van der Waals surface area contributed by atoms with Crippen LogP contribution in [0.3, 0.4) is 0 Å². The lowest BCUT2D eigenvalue weighted by atomic mass is 10.1. The predicted molar refractivity (Wildman–Crippen MR) is 74.3 cm³/mol. The number of phenolic OH excluding ortho intramolecular Hbond substituents is 1. The van der Waals surface area contributed by atoms with Crippen molar-refractivity contribution in [1.82, 2.24) is 0 Å². The summed E-state index contributed by atoms with van der Waals surface area (Å²) >= 11 is 0. The molecule has 0 radical (unpaired) electrons. The molecule has 1 aromatic rings. The number of carbonyl (C=O) groups excluding carboxylic acids is 1. The number of hydrogen-bond donors (Lipinski definition) is 3. The van der Waals surface area contributed by atoms with Gasteiger partial charge in [-0.2, -0.15) is 8.78 Å². The van der Waals surface area contributed by atoms with Gasteiger partial charge in [0.25, 0.3) is 0 Å². The summed E-state index contributed by atoms with van der Waals surface area (Å²) in [5.74, 6) is -6.81. The first kappa shape index (κ1) is 17.7. The van der Waals surface area contributed by atoms with E-state index in [1.165, 1.54) is 6.07 Å². The minimum atomic E-state index is -3.99. The highest BCUT2D eigenvalue weighted by atomic mass is 19.3. The molecule has 3 N–H and O–H groups in total. The van der Waals surface area contributed by atoms with Crippen LogP contribution in [0.25, 0.3) is 0 Å². The molecule has 0 aliphatic rings. The smallest absolute Gasteiger partial charge is 0.412 e. The normalized spacial score (nSPS) is 11.9. The van der Waals surface area contributed by atoms with E-state index in [2.05, 4.69) is 5.32 Å². The van der Waals surface area contributed by atoms with E-state index in [-0.39, 0.29) is 11.3 Å². The number of nitrogens with one attached hydrogen (secondary N) is 1. The number of aromatic hydroxyl groups is 1. The zero-order chi connectivity index (χ0) is 17.1. The van der Waals surface area contributed by atoms with E-state index in [1.54, 1.807) is 20.8 Å². The number of phenols is 1. The van der Waals surface area contributed by atoms with Gasteiger partial charge in [-0.05, 0) is 26.8 Å². The van der Waals surface area contributed by atoms with E-state index in [0.29, 0.717) is 0 Å². The molecule has 0 saturated carbocycles. The van der Waals surface area contributed by atoms with Crippen LogP contribution in [0.15, 0.2) is 18.2 Å². The van der Waals surface area contributed by atoms with Crippen LogP contribution in [0.2, 0.25) is 0 Å². The fraction of sp³-hybridized carbons (Fsp3) is 0.429. The van der Waals surface area contributed by atoms with E-state index in [9.17, 15) is 23.5 Å². The summed E-state index contributed by atoms with van der Waals surface area (Å²) in [5, 5.41) is 20.4. The zero-order valence-corrected chi connectivity index (χ0v) is 12.3. The average Bonchev–Trinajstić information content (AvgIpc) is 2.29. The van der Waals surface area contributed by atoms with Crippen molar-refractivity contribution in [3.8, 4) is 5.75 Å². The highest BCUT2D eigenvalue weighted by Gasteiger charge is 2.39. The molecule has 0 aliphatic heterocycles. The molecule has 0 saturated heterocycles. The third-order valence-electron chi connectivity index (χ3n) is 2.46. The Bertz CT molecular complexity index is 581. The number of carboxylic acids is 1. The number of ether oxygens (including phenoxy) is 1. The number of carbonyl (C=O) groups is 2. The van der Waals surface area contributed by atoms with Crippen molar-refractivity contribution in [2.24, 2.45) is 0 Å². The van der Waals surface area contributed by atoms with Gasteiger partial charge in [-0.15, -0.1) is 0 Å². The van der Waals surface area contributed by atoms with Gasteiger partial charge in [-0.1, -0.05) is 6.07 Å². The number of halogens is 2. The monoisotopic (exact) mass is 317 g/mol. The minimum Gasteiger partial charge on any atom is -0.508 e. The van der Waals surface area contributed by atoms with Gasteiger partial charge in [-0.3, -0.25) is 5.32 Å². The number of aliphatic carboxylic acids is 1. The van der Waals surface area contributed by atoms with Gasteiger partial charge in [0.05, 0.1) is 6.42 Å². The van der Waals surface area contributed by atoms with E-state index in [0.717, 1.165) is 12.1 Å². The van der Waals surface area contributed by atoms with Crippen LogP contribution >= 0.6 is 0 Å². The molecule has 1 aromatic carbocycles. The maximum atomic E-state index is 13.1. The fourth-order valence-corrected chi connectivity index (χ4v) is 1.53. The molecule has 0 aromatic heterocycles. The van der Waals surface area contributed by atoms with Crippen molar-refractivity contribution < 1.29 is 33.3 Å². The summed E-state index contributed by atoms with van der Waals surface area (Å²) in [6.45, 7) is 5.00. The SMILES string of the molecule is CC(C)(C)OC(=O)Nc1ccc(CC(F)(F)C(=O)O)c(O)c1. The van der Waals surface area contributed by atoms with Crippen molar-refractivity contribution >= 4 is 17.7 Å². The number of alkyl halides is 2. The van der Waals surface area contributed by atoms with Crippen LogP contribution in [-0.4, -0.2) is 33.8 Å². The molecule has 0 bridgehead atoms. The van der Waals surface area contributed by atoms with E-state index in [1.807, 2.05) is 0 Å².